The lowest BCUT2D eigenvalue weighted by Crippen LogP contribution is -2.17. The number of hydrazine groups is 1. The lowest BCUT2D eigenvalue weighted by Gasteiger charge is -2.18. The van der Waals surface area contributed by atoms with Gasteiger partial charge in [0.2, 0.25) is 0 Å². The third-order valence-electron chi connectivity index (χ3n) is 2.96. The number of nitrogens with zero attached hydrogens (tertiary/aromatic N) is 1. The van der Waals surface area contributed by atoms with Gasteiger partial charge in [0.25, 0.3) is 10.0 Å². The SMILES string of the molecule is CN(C)c1ccccc1NS(=O)(=O)c1ccc(NN)cc1. The Bertz CT molecular complexity index is 712. The van der Waals surface area contributed by atoms with Crippen molar-refractivity contribution in [3.63, 3.8) is 0 Å². The van der Waals surface area contributed by atoms with E-state index in [0.717, 1.165) is 5.69 Å². The lowest BCUT2D eigenvalue weighted by molar-refractivity contribution is 0.601. The Morgan fingerprint density at radius 2 is 1.62 bits per heavy atom. The highest BCUT2D eigenvalue weighted by Gasteiger charge is 2.16. The molecule has 0 heterocycles. The number of benzene rings is 2. The third-order valence-corrected chi connectivity index (χ3v) is 4.34. The summed E-state index contributed by atoms with van der Waals surface area (Å²) in [5.74, 6) is 5.27. The highest BCUT2D eigenvalue weighted by Crippen LogP contribution is 2.26. The predicted octanol–water partition coefficient (Wildman–Crippen LogP) is 1.84. The zero-order chi connectivity index (χ0) is 15.5. The fourth-order valence-electron chi connectivity index (χ4n) is 1.88. The van der Waals surface area contributed by atoms with Crippen molar-refractivity contribution >= 4 is 27.1 Å². The highest BCUT2D eigenvalue weighted by molar-refractivity contribution is 7.92. The van der Waals surface area contributed by atoms with Crippen molar-refractivity contribution < 1.29 is 8.42 Å². The van der Waals surface area contributed by atoms with E-state index in [4.69, 9.17) is 5.84 Å². The molecule has 6 nitrogen and oxygen atoms in total. The maximum atomic E-state index is 12.4. The molecule has 2 rings (SSSR count). The van der Waals surface area contributed by atoms with Gasteiger partial charge in [0.15, 0.2) is 0 Å². The van der Waals surface area contributed by atoms with Gasteiger partial charge >= 0.3 is 0 Å². The van der Waals surface area contributed by atoms with Crippen molar-refractivity contribution in [2.45, 2.75) is 4.90 Å². The summed E-state index contributed by atoms with van der Waals surface area (Å²) in [5, 5.41) is 0. The lowest BCUT2D eigenvalue weighted by atomic mass is 10.2. The van der Waals surface area contributed by atoms with Gasteiger partial charge in [-0.05, 0) is 36.4 Å². The molecule has 0 aliphatic carbocycles. The van der Waals surface area contributed by atoms with E-state index in [9.17, 15) is 8.42 Å². The molecule has 0 unspecified atom stereocenters. The summed E-state index contributed by atoms with van der Waals surface area (Å²) in [6.45, 7) is 0. The van der Waals surface area contributed by atoms with E-state index in [1.165, 1.54) is 12.1 Å². The van der Waals surface area contributed by atoms with Crippen LogP contribution >= 0.6 is 0 Å². The molecule has 0 aliphatic rings. The van der Waals surface area contributed by atoms with E-state index in [1.807, 2.05) is 31.1 Å². The van der Waals surface area contributed by atoms with Crippen LogP contribution in [0.1, 0.15) is 0 Å². The average molecular weight is 306 g/mol. The topological polar surface area (TPSA) is 87.5 Å². The summed E-state index contributed by atoms with van der Waals surface area (Å²) in [4.78, 5) is 2.02. The van der Waals surface area contributed by atoms with E-state index in [1.54, 1.807) is 24.3 Å². The van der Waals surface area contributed by atoms with E-state index in [-0.39, 0.29) is 4.90 Å². The molecule has 2 aromatic carbocycles. The zero-order valence-electron chi connectivity index (χ0n) is 11.9. The molecule has 0 amide bonds. The Hall–Kier alpha value is -2.25. The molecule has 4 N–H and O–H groups in total. The molecule has 0 radical (unpaired) electrons. The molecule has 0 aliphatic heterocycles. The number of sulfonamides is 1. The van der Waals surface area contributed by atoms with Gasteiger partial charge in [0.05, 0.1) is 16.3 Å². The van der Waals surface area contributed by atoms with Crippen molar-refractivity contribution in [3.05, 3.63) is 48.5 Å². The Labute approximate surface area is 124 Å². The summed E-state index contributed by atoms with van der Waals surface area (Å²) in [6, 6.07) is 13.4. The van der Waals surface area contributed by atoms with Crippen LogP contribution in [0.3, 0.4) is 0 Å². The molecule has 0 bridgehead atoms. The van der Waals surface area contributed by atoms with Gasteiger partial charge < -0.3 is 10.3 Å². The number of nitrogens with two attached hydrogens (primary N) is 1. The summed E-state index contributed by atoms with van der Waals surface area (Å²) >= 11 is 0. The van der Waals surface area contributed by atoms with Crippen LogP contribution in [0.5, 0.6) is 0 Å². The molecule has 112 valence electrons. The molecular weight excluding hydrogens is 288 g/mol. The van der Waals surface area contributed by atoms with Crippen LogP contribution in [0.2, 0.25) is 0 Å². The second-order valence-electron chi connectivity index (χ2n) is 4.69. The number of para-hydroxylation sites is 2. The second kappa shape index (κ2) is 6.02. The molecule has 0 aromatic heterocycles. The number of nitrogen functional groups attached to an aromatic ring is 1. The maximum Gasteiger partial charge on any atom is 0.261 e. The van der Waals surface area contributed by atoms with Crippen molar-refractivity contribution in [1.82, 2.24) is 0 Å². The minimum Gasteiger partial charge on any atom is -0.376 e. The molecule has 0 spiro atoms. The maximum absolute atomic E-state index is 12.4. The second-order valence-corrected chi connectivity index (χ2v) is 6.37. The average Bonchev–Trinajstić information content (AvgIpc) is 2.47. The van der Waals surface area contributed by atoms with E-state index >= 15 is 0 Å². The Morgan fingerprint density at radius 3 is 2.19 bits per heavy atom. The number of rotatable bonds is 5. The molecule has 2 aromatic rings. The van der Waals surface area contributed by atoms with Crippen molar-refractivity contribution in [1.29, 1.82) is 0 Å². The van der Waals surface area contributed by atoms with E-state index in [0.29, 0.717) is 11.4 Å². The number of anilines is 3. The highest BCUT2D eigenvalue weighted by atomic mass is 32.2. The molecule has 21 heavy (non-hydrogen) atoms. The molecule has 0 saturated heterocycles. The van der Waals surface area contributed by atoms with Crippen molar-refractivity contribution in [2.75, 3.05) is 29.1 Å². The predicted molar refractivity (Wildman–Crippen MR) is 85.8 cm³/mol. The summed E-state index contributed by atoms with van der Waals surface area (Å²) in [7, 11) is 0.0724. The number of hydrogen-bond acceptors (Lipinski definition) is 5. The van der Waals surface area contributed by atoms with Crippen molar-refractivity contribution in [3.8, 4) is 0 Å². The summed E-state index contributed by atoms with van der Waals surface area (Å²) < 4.78 is 27.4. The van der Waals surface area contributed by atoms with Crippen LogP contribution in [0, 0.1) is 0 Å². The fourth-order valence-corrected chi connectivity index (χ4v) is 2.96. The first-order chi connectivity index (χ1) is 9.94. The van der Waals surface area contributed by atoms with Gasteiger partial charge in [0, 0.05) is 19.8 Å². The first-order valence-electron chi connectivity index (χ1n) is 6.30. The van der Waals surface area contributed by atoms with Crippen LogP contribution in [0.15, 0.2) is 53.4 Å². The Morgan fingerprint density at radius 1 is 1.00 bits per heavy atom. The van der Waals surface area contributed by atoms with Gasteiger partial charge in [-0.2, -0.15) is 0 Å². The van der Waals surface area contributed by atoms with Crippen LogP contribution in [-0.2, 0) is 10.0 Å². The Kier molecular flexibility index (Phi) is 4.35. The fraction of sp³-hybridized carbons (Fsp3) is 0.143. The third kappa shape index (κ3) is 3.45. The largest absolute Gasteiger partial charge is 0.376 e. The van der Waals surface area contributed by atoms with Crippen LogP contribution < -0.4 is 20.9 Å². The molecule has 7 heteroatoms. The summed E-state index contributed by atoms with van der Waals surface area (Å²) in [6.07, 6.45) is 0. The van der Waals surface area contributed by atoms with Gasteiger partial charge in [-0.1, -0.05) is 12.1 Å². The normalized spacial score (nSPS) is 11.0. The van der Waals surface area contributed by atoms with E-state index in [2.05, 4.69) is 10.1 Å². The Balaban J connectivity index is 2.33. The van der Waals surface area contributed by atoms with Crippen LogP contribution in [0.25, 0.3) is 0 Å². The minimum absolute atomic E-state index is 0.176. The van der Waals surface area contributed by atoms with Crippen LogP contribution in [0.4, 0.5) is 17.1 Å². The van der Waals surface area contributed by atoms with E-state index < -0.39 is 10.0 Å². The summed E-state index contributed by atoms with van der Waals surface area (Å²) in [5.41, 5.74) is 4.42. The number of hydrogen-bond donors (Lipinski definition) is 3. The van der Waals surface area contributed by atoms with Gasteiger partial charge in [-0.25, -0.2) is 8.42 Å². The first kappa shape index (κ1) is 15.1. The van der Waals surface area contributed by atoms with Crippen LogP contribution in [-0.4, -0.2) is 22.5 Å². The smallest absolute Gasteiger partial charge is 0.261 e. The molecule has 0 saturated carbocycles. The van der Waals surface area contributed by atoms with Gasteiger partial charge in [-0.15, -0.1) is 0 Å². The molecule has 0 fully saturated rings. The van der Waals surface area contributed by atoms with Gasteiger partial charge in [-0.3, -0.25) is 10.6 Å². The molecular formula is C14H18N4O2S. The quantitative estimate of drug-likeness (QED) is 0.579. The molecule has 0 atom stereocenters. The van der Waals surface area contributed by atoms with Gasteiger partial charge in [0.1, 0.15) is 0 Å². The minimum atomic E-state index is -3.64. The number of nitrogens with one attached hydrogen (secondary N) is 2. The first-order valence-corrected chi connectivity index (χ1v) is 7.78. The monoisotopic (exact) mass is 306 g/mol. The zero-order valence-corrected chi connectivity index (χ0v) is 12.7. The van der Waals surface area contributed by atoms with Crippen molar-refractivity contribution in [2.24, 2.45) is 5.84 Å². The standard InChI is InChI=1S/C14H18N4O2S/c1-18(2)14-6-4-3-5-13(14)17-21(19,20)12-9-7-11(16-15)8-10-12/h3-10,16-17H,15H2,1-2H3.